The van der Waals surface area contributed by atoms with Gasteiger partial charge in [-0.15, -0.1) is 0 Å². The lowest BCUT2D eigenvalue weighted by atomic mass is 10.00. The molecule has 1 aliphatic heterocycles. The Kier molecular flexibility index (Phi) is 4.65. The van der Waals surface area contributed by atoms with Crippen molar-refractivity contribution in [3.63, 3.8) is 0 Å². The standard InChI is InChI=1S/C14H15BrO4S/c1-10(8-15)14(11-7-13(16)19-9-11)20(17,18)12-5-3-2-4-6-12/h2-6,11,14H,1,7-9H2/t11-,14-/m0/s1. The number of ether oxygens (including phenoxy) is 1. The molecule has 0 aliphatic carbocycles. The molecule has 20 heavy (non-hydrogen) atoms. The third-order valence-electron chi connectivity index (χ3n) is 3.30. The number of sulfone groups is 1. The number of benzene rings is 1. The maximum absolute atomic E-state index is 12.8. The molecule has 4 nitrogen and oxygen atoms in total. The van der Waals surface area contributed by atoms with Crippen LogP contribution in [0.1, 0.15) is 6.42 Å². The molecule has 0 spiro atoms. The van der Waals surface area contributed by atoms with E-state index in [0.29, 0.717) is 10.9 Å². The number of hydrogen-bond acceptors (Lipinski definition) is 4. The summed E-state index contributed by atoms with van der Waals surface area (Å²) < 4.78 is 30.5. The Bertz CT molecular complexity index is 609. The van der Waals surface area contributed by atoms with Crippen LogP contribution >= 0.6 is 15.9 Å². The van der Waals surface area contributed by atoms with Crippen LogP contribution in [-0.4, -0.2) is 31.6 Å². The van der Waals surface area contributed by atoms with Crippen LogP contribution in [0.4, 0.5) is 0 Å². The fourth-order valence-corrected chi connectivity index (χ4v) is 4.96. The van der Waals surface area contributed by atoms with Crippen molar-refractivity contribution in [2.24, 2.45) is 5.92 Å². The van der Waals surface area contributed by atoms with Crippen molar-refractivity contribution in [3.05, 3.63) is 42.5 Å². The Balaban J connectivity index is 2.41. The fourth-order valence-electron chi connectivity index (χ4n) is 2.37. The Labute approximate surface area is 126 Å². The monoisotopic (exact) mass is 358 g/mol. The number of esters is 1. The SMILES string of the molecule is C=C(CBr)[C@@H]([C@@H]1COC(=O)C1)S(=O)(=O)c1ccccc1. The maximum Gasteiger partial charge on any atom is 0.306 e. The second-order valence-electron chi connectivity index (χ2n) is 4.72. The van der Waals surface area contributed by atoms with Crippen LogP contribution < -0.4 is 0 Å². The first-order chi connectivity index (χ1) is 9.46. The Morgan fingerprint density at radius 3 is 2.55 bits per heavy atom. The van der Waals surface area contributed by atoms with E-state index in [2.05, 4.69) is 22.5 Å². The van der Waals surface area contributed by atoms with E-state index in [4.69, 9.17) is 4.74 Å². The molecule has 0 radical (unpaired) electrons. The van der Waals surface area contributed by atoms with E-state index in [-0.39, 0.29) is 29.8 Å². The normalized spacial score (nSPS) is 20.4. The highest BCUT2D eigenvalue weighted by Crippen LogP contribution is 2.32. The zero-order valence-corrected chi connectivity index (χ0v) is 13.2. The predicted molar refractivity (Wildman–Crippen MR) is 79.4 cm³/mol. The Morgan fingerprint density at radius 2 is 2.05 bits per heavy atom. The van der Waals surface area contributed by atoms with Crippen LogP contribution in [0.25, 0.3) is 0 Å². The summed E-state index contributed by atoms with van der Waals surface area (Å²) in [5.74, 6) is -0.733. The van der Waals surface area contributed by atoms with Gasteiger partial charge in [0.15, 0.2) is 9.84 Å². The van der Waals surface area contributed by atoms with Gasteiger partial charge in [-0.3, -0.25) is 4.79 Å². The summed E-state index contributed by atoms with van der Waals surface area (Å²) >= 11 is 3.25. The molecule has 6 heteroatoms. The highest BCUT2D eigenvalue weighted by molar-refractivity contribution is 9.09. The van der Waals surface area contributed by atoms with Crippen molar-refractivity contribution in [2.75, 3.05) is 11.9 Å². The van der Waals surface area contributed by atoms with Gasteiger partial charge >= 0.3 is 5.97 Å². The van der Waals surface area contributed by atoms with Crippen LogP contribution in [0.3, 0.4) is 0 Å². The lowest BCUT2D eigenvalue weighted by molar-refractivity contribution is -0.137. The third kappa shape index (κ3) is 2.96. The van der Waals surface area contributed by atoms with Gasteiger partial charge in [-0.2, -0.15) is 0 Å². The minimum Gasteiger partial charge on any atom is -0.465 e. The minimum atomic E-state index is -3.58. The van der Waals surface area contributed by atoms with E-state index < -0.39 is 15.1 Å². The summed E-state index contributed by atoms with van der Waals surface area (Å²) in [7, 11) is -3.58. The maximum atomic E-state index is 12.8. The predicted octanol–water partition coefficient (Wildman–Crippen LogP) is 2.34. The number of hydrogen-bond donors (Lipinski definition) is 0. The Morgan fingerprint density at radius 1 is 1.40 bits per heavy atom. The molecule has 2 atom stereocenters. The van der Waals surface area contributed by atoms with Gasteiger partial charge in [0.1, 0.15) is 0 Å². The molecule has 1 aliphatic rings. The quantitative estimate of drug-likeness (QED) is 0.460. The number of halogens is 1. The number of carbonyl (C=O) groups is 1. The van der Waals surface area contributed by atoms with Crippen molar-refractivity contribution in [3.8, 4) is 0 Å². The molecule has 2 rings (SSSR count). The summed E-state index contributed by atoms with van der Waals surface area (Å²) in [4.78, 5) is 11.5. The molecular formula is C14H15BrO4S. The summed E-state index contributed by atoms with van der Waals surface area (Å²) in [6.07, 6.45) is 0.114. The number of carbonyl (C=O) groups excluding carboxylic acids is 1. The molecule has 1 aromatic rings. The van der Waals surface area contributed by atoms with Gasteiger partial charge < -0.3 is 4.74 Å². The lowest BCUT2D eigenvalue weighted by Crippen LogP contribution is -2.32. The van der Waals surface area contributed by atoms with Gasteiger partial charge in [0, 0.05) is 11.2 Å². The average Bonchev–Trinajstić information content (AvgIpc) is 2.85. The van der Waals surface area contributed by atoms with Crippen molar-refractivity contribution < 1.29 is 17.9 Å². The highest BCUT2D eigenvalue weighted by atomic mass is 79.9. The van der Waals surface area contributed by atoms with E-state index in [1.165, 1.54) is 0 Å². The van der Waals surface area contributed by atoms with Crippen molar-refractivity contribution in [1.82, 2.24) is 0 Å². The van der Waals surface area contributed by atoms with Crippen LogP contribution in [0.2, 0.25) is 0 Å². The molecule has 0 amide bonds. The summed E-state index contributed by atoms with van der Waals surface area (Å²) in [6.45, 7) is 3.97. The second kappa shape index (κ2) is 6.10. The molecule has 1 fully saturated rings. The van der Waals surface area contributed by atoms with Gasteiger partial charge in [-0.05, 0) is 17.7 Å². The number of rotatable bonds is 5. The van der Waals surface area contributed by atoms with Crippen LogP contribution in [0.5, 0.6) is 0 Å². The fraction of sp³-hybridized carbons (Fsp3) is 0.357. The lowest BCUT2D eigenvalue weighted by Gasteiger charge is -2.23. The van der Waals surface area contributed by atoms with Crippen LogP contribution in [0, 0.1) is 5.92 Å². The first-order valence-electron chi connectivity index (χ1n) is 6.15. The molecule has 0 bridgehead atoms. The van der Waals surface area contributed by atoms with Gasteiger partial charge in [0.05, 0.1) is 23.2 Å². The molecular weight excluding hydrogens is 344 g/mol. The number of cyclic esters (lactones) is 1. The largest absolute Gasteiger partial charge is 0.465 e. The van der Waals surface area contributed by atoms with E-state index in [0.717, 1.165) is 0 Å². The zero-order chi connectivity index (χ0) is 14.8. The van der Waals surface area contributed by atoms with E-state index >= 15 is 0 Å². The molecule has 0 aromatic heterocycles. The number of alkyl halides is 1. The van der Waals surface area contributed by atoms with E-state index in [1.807, 2.05) is 0 Å². The van der Waals surface area contributed by atoms with E-state index in [9.17, 15) is 13.2 Å². The molecule has 0 saturated carbocycles. The van der Waals surface area contributed by atoms with Crippen molar-refractivity contribution in [1.29, 1.82) is 0 Å². The van der Waals surface area contributed by atoms with Gasteiger partial charge in [0.25, 0.3) is 0 Å². The summed E-state index contributed by atoms with van der Waals surface area (Å²) in [5, 5.41) is -0.440. The van der Waals surface area contributed by atoms with Gasteiger partial charge in [-0.25, -0.2) is 8.42 Å². The van der Waals surface area contributed by atoms with Crippen molar-refractivity contribution >= 4 is 31.7 Å². The third-order valence-corrected chi connectivity index (χ3v) is 6.33. The minimum absolute atomic E-state index is 0.114. The molecule has 108 valence electrons. The van der Waals surface area contributed by atoms with Gasteiger partial charge in [0.2, 0.25) is 0 Å². The Hall–Kier alpha value is -1.14. The van der Waals surface area contributed by atoms with Crippen molar-refractivity contribution in [2.45, 2.75) is 16.6 Å². The molecule has 1 heterocycles. The summed E-state index contributed by atoms with van der Waals surface area (Å²) in [5.41, 5.74) is 0.539. The second-order valence-corrected chi connectivity index (χ2v) is 7.35. The molecule has 1 saturated heterocycles. The molecule has 1 aromatic carbocycles. The van der Waals surface area contributed by atoms with Crippen LogP contribution in [0.15, 0.2) is 47.4 Å². The van der Waals surface area contributed by atoms with E-state index in [1.54, 1.807) is 30.3 Å². The average molecular weight is 359 g/mol. The van der Waals surface area contributed by atoms with Crippen LogP contribution in [-0.2, 0) is 19.4 Å². The molecule has 0 unspecified atom stereocenters. The first-order valence-corrected chi connectivity index (χ1v) is 8.81. The highest BCUT2D eigenvalue weighted by Gasteiger charge is 2.41. The van der Waals surface area contributed by atoms with Gasteiger partial charge in [-0.1, -0.05) is 40.7 Å². The topological polar surface area (TPSA) is 60.4 Å². The molecule has 0 N–H and O–H groups in total. The first kappa shape index (κ1) is 15.3. The summed E-state index contributed by atoms with van der Waals surface area (Å²) in [6, 6.07) is 8.23. The zero-order valence-electron chi connectivity index (χ0n) is 10.8. The smallest absolute Gasteiger partial charge is 0.306 e.